The molecule has 0 aliphatic carbocycles. The Morgan fingerprint density at radius 2 is 1.95 bits per heavy atom. The van der Waals surface area contributed by atoms with Gasteiger partial charge >= 0.3 is 0 Å². The number of nitrogen functional groups attached to an aromatic ring is 1. The number of carbonyl (C=O) groups excluding carboxylic acids is 1. The molecule has 1 heterocycles. The molecule has 0 aliphatic heterocycles. The molecule has 106 valence electrons. The highest BCUT2D eigenvalue weighted by Gasteiger charge is 2.15. The number of benzene rings is 2. The molecule has 3 rings (SSSR count). The van der Waals surface area contributed by atoms with Crippen LogP contribution >= 0.6 is 23.2 Å². The van der Waals surface area contributed by atoms with Crippen LogP contribution in [0.25, 0.3) is 10.9 Å². The lowest BCUT2D eigenvalue weighted by molar-refractivity contribution is 0.102. The topological polar surface area (TPSA) is 83.8 Å². The van der Waals surface area contributed by atoms with Gasteiger partial charge in [0.2, 0.25) is 0 Å². The summed E-state index contributed by atoms with van der Waals surface area (Å²) in [5.74, 6) is -0.356. The standard InChI is InChI=1S/C14H10Cl2N4O/c15-10-3-2-8(6-11(10)16)18-14(21)13-9-5-7(17)1-4-12(9)19-20-13/h1-6H,17H2,(H,18,21)(H,19,20). The molecule has 0 atom stereocenters. The van der Waals surface area contributed by atoms with Crippen molar-refractivity contribution in [3.8, 4) is 0 Å². The number of aromatic amines is 1. The zero-order chi connectivity index (χ0) is 15.0. The van der Waals surface area contributed by atoms with E-state index < -0.39 is 0 Å². The van der Waals surface area contributed by atoms with E-state index in [9.17, 15) is 4.79 Å². The van der Waals surface area contributed by atoms with Crippen molar-refractivity contribution in [2.45, 2.75) is 0 Å². The number of nitrogens with zero attached hydrogens (tertiary/aromatic N) is 1. The van der Waals surface area contributed by atoms with Crippen LogP contribution in [0.5, 0.6) is 0 Å². The fourth-order valence-corrected chi connectivity index (χ4v) is 2.27. The molecule has 3 aromatic rings. The van der Waals surface area contributed by atoms with E-state index in [1.807, 2.05) is 0 Å². The molecule has 0 fully saturated rings. The van der Waals surface area contributed by atoms with Crippen molar-refractivity contribution in [1.29, 1.82) is 0 Å². The molecule has 0 aliphatic rings. The molecule has 2 aromatic carbocycles. The Kier molecular flexibility index (Phi) is 3.45. The highest BCUT2D eigenvalue weighted by Crippen LogP contribution is 2.26. The van der Waals surface area contributed by atoms with E-state index in [0.29, 0.717) is 26.8 Å². The van der Waals surface area contributed by atoms with Crippen molar-refractivity contribution in [1.82, 2.24) is 10.2 Å². The van der Waals surface area contributed by atoms with Gasteiger partial charge in [-0.15, -0.1) is 0 Å². The van der Waals surface area contributed by atoms with Gasteiger partial charge in [0, 0.05) is 16.8 Å². The van der Waals surface area contributed by atoms with Gasteiger partial charge in [-0.3, -0.25) is 9.89 Å². The first kappa shape index (κ1) is 13.7. The number of anilines is 2. The molecular weight excluding hydrogens is 311 g/mol. The van der Waals surface area contributed by atoms with Crippen molar-refractivity contribution in [3.05, 3.63) is 52.1 Å². The quantitative estimate of drug-likeness (QED) is 0.629. The van der Waals surface area contributed by atoms with Crippen molar-refractivity contribution in [3.63, 3.8) is 0 Å². The number of nitrogens with two attached hydrogens (primary N) is 1. The Labute approximate surface area is 130 Å². The molecule has 21 heavy (non-hydrogen) atoms. The van der Waals surface area contributed by atoms with Crippen LogP contribution < -0.4 is 11.1 Å². The van der Waals surface area contributed by atoms with Gasteiger partial charge in [-0.2, -0.15) is 5.10 Å². The molecular formula is C14H10Cl2N4O. The van der Waals surface area contributed by atoms with Crippen LogP contribution in [0.3, 0.4) is 0 Å². The maximum Gasteiger partial charge on any atom is 0.276 e. The molecule has 0 saturated heterocycles. The lowest BCUT2D eigenvalue weighted by Gasteiger charge is -2.05. The van der Waals surface area contributed by atoms with Crippen LogP contribution in [0, 0.1) is 0 Å². The van der Waals surface area contributed by atoms with E-state index >= 15 is 0 Å². The molecule has 0 bridgehead atoms. The second-order valence-corrected chi connectivity index (χ2v) is 5.27. The van der Waals surface area contributed by atoms with E-state index in [1.165, 1.54) is 0 Å². The molecule has 0 radical (unpaired) electrons. The van der Waals surface area contributed by atoms with Crippen molar-refractivity contribution < 1.29 is 4.79 Å². The number of hydrogen-bond donors (Lipinski definition) is 3. The third-order valence-corrected chi connectivity index (χ3v) is 3.72. The van der Waals surface area contributed by atoms with Gasteiger partial charge in [0.15, 0.2) is 5.69 Å². The maximum absolute atomic E-state index is 12.3. The lowest BCUT2D eigenvalue weighted by atomic mass is 10.2. The normalized spacial score (nSPS) is 10.8. The summed E-state index contributed by atoms with van der Waals surface area (Å²) in [5.41, 5.74) is 7.84. The van der Waals surface area contributed by atoms with E-state index in [4.69, 9.17) is 28.9 Å². The summed E-state index contributed by atoms with van der Waals surface area (Å²) in [6.07, 6.45) is 0. The third-order valence-electron chi connectivity index (χ3n) is 2.98. The Bertz CT molecular complexity index is 844. The fourth-order valence-electron chi connectivity index (χ4n) is 1.97. The number of fused-ring (bicyclic) bond motifs is 1. The maximum atomic E-state index is 12.3. The first-order valence-electron chi connectivity index (χ1n) is 6.04. The fraction of sp³-hybridized carbons (Fsp3) is 0. The highest BCUT2D eigenvalue weighted by atomic mass is 35.5. The molecule has 5 nitrogen and oxygen atoms in total. The number of aromatic nitrogens is 2. The monoisotopic (exact) mass is 320 g/mol. The minimum atomic E-state index is -0.356. The molecule has 7 heteroatoms. The molecule has 4 N–H and O–H groups in total. The predicted octanol–water partition coefficient (Wildman–Crippen LogP) is 3.70. The van der Waals surface area contributed by atoms with Crippen LogP contribution in [0.1, 0.15) is 10.5 Å². The lowest BCUT2D eigenvalue weighted by Crippen LogP contribution is -2.12. The Hall–Kier alpha value is -2.24. The van der Waals surface area contributed by atoms with Gasteiger partial charge < -0.3 is 11.1 Å². The predicted molar refractivity (Wildman–Crippen MR) is 84.9 cm³/mol. The number of rotatable bonds is 2. The van der Waals surface area contributed by atoms with Gasteiger partial charge in [-0.1, -0.05) is 23.2 Å². The molecule has 1 aromatic heterocycles. The van der Waals surface area contributed by atoms with E-state index in [1.54, 1.807) is 36.4 Å². The average molecular weight is 321 g/mol. The zero-order valence-corrected chi connectivity index (χ0v) is 12.2. The van der Waals surface area contributed by atoms with Crippen LogP contribution in [-0.4, -0.2) is 16.1 Å². The Morgan fingerprint density at radius 3 is 2.71 bits per heavy atom. The average Bonchev–Trinajstić information content (AvgIpc) is 2.86. The van der Waals surface area contributed by atoms with Crippen molar-refractivity contribution >= 4 is 51.4 Å². The first-order valence-corrected chi connectivity index (χ1v) is 6.80. The minimum Gasteiger partial charge on any atom is -0.399 e. The molecule has 0 spiro atoms. The summed E-state index contributed by atoms with van der Waals surface area (Å²) in [6.45, 7) is 0. The van der Waals surface area contributed by atoms with Crippen LogP contribution in [0.4, 0.5) is 11.4 Å². The summed E-state index contributed by atoms with van der Waals surface area (Å²) >= 11 is 11.8. The second-order valence-electron chi connectivity index (χ2n) is 4.46. The molecule has 0 unspecified atom stereocenters. The van der Waals surface area contributed by atoms with Crippen LogP contribution in [-0.2, 0) is 0 Å². The third kappa shape index (κ3) is 2.66. The van der Waals surface area contributed by atoms with E-state index in [-0.39, 0.29) is 11.6 Å². The van der Waals surface area contributed by atoms with Gasteiger partial charge in [-0.25, -0.2) is 0 Å². The number of nitrogens with one attached hydrogen (secondary N) is 2. The number of carbonyl (C=O) groups is 1. The van der Waals surface area contributed by atoms with Crippen LogP contribution in [0.2, 0.25) is 10.0 Å². The Morgan fingerprint density at radius 1 is 1.14 bits per heavy atom. The summed E-state index contributed by atoms with van der Waals surface area (Å²) in [5, 5.41) is 11.0. The number of hydrogen-bond acceptors (Lipinski definition) is 3. The highest BCUT2D eigenvalue weighted by molar-refractivity contribution is 6.42. The number of H-pyrrole nitrogens is 1. The van der Waals surface area contributed by atoms with Crippen molar-refractivity contribution in [2.75, 3.05) is 11.1 Å². The molecule has 1 amide bonds. The molecule has 0 saturated carbocycles. The van der Waals surface area contributed by atoms with Gasteiger partial charge in [-0.05, 0) is 36.4 Å². The number of halogens is 2. The minimum absolute atomic E-state index is 0.267. The zero-order valence-electron chi connectivity index (χ0n) is 10.7. The largest absolute Gasteiger partial charge is 0.399 e. The Balaban J connectivity index is 1.93. The van der Waals surface area contributed by atoms with Crippen LogP contribution in [0.15, 0.2) is 36.4 Å². The summed E-state index contributed by atoms with van der Waals surface area (Å²) < 4.78 is 0. The van der Waals surface area contributed by atoms with Gasteiger partial charge in [0.1, 0.15) is 0 Å². The SMILES string of the molecule is Nc1ccc2[nH]nc(C(=O)Nc3ccc(Cl)c(Cl)c3)c2c1. The second kappa shape index (κ2) is 5.27. The smallest absolute Gasteiger partial charge is 0.276 e. The van der Waals surface area contributed by atoms with E-state index in [2.05, 4.69) is 15.5 Å². The van der Waals surface area contributed by atoms with Crippen molar-refractivity contribution in [2.24, 2.45) is 0 Å². The van der Waals surface area contributed by atoms with Gasteiger partial charge in [0.25, 0.3) is 5.91 Å². The van der Waals surface area contributed by atoms with Gasteiger partial charge in [0.05, 0.1) is 15.6 Å². The first-order chi connectivity index (χ1) is 10.0. The summed E-state index contributed by atoms with van der Waals surface area (Å²) in [7, 11) is 0. The number of amides is 1. The summed E-state index contributed by atoms with van der Waals surface area (Å²) in [6, 6.07) is 10.1. The van der Waals surface area contributed by atoms with E-state index in [0.717, 1.165) is 5.52 Å². The summed E-state index contributed by atoms with van der Waals surface area (Å²) in [4.78, 5) is 12.3.